The lowest BCUT2D eigenvalue weighted by molar-refractivity contribution is 0.0575. The number of piperidine rings is 1. The summed E-state index contributed by atoms with van der Waals surface area (Å²) >= 11 is 0. The van der Waals surface area contributed by atoms with Crippen LogP contribution in [0, 0.1) is 5.92 Å². The van der Waals surface area contributed by atoms with E-state index < -0.39 is 0 Å². The van der Waals surface area contributed by atoms with Crippen LogP contribution in [0.2, 0.25) is 0 Å². The van der Waals surface area contributed by atoms with Gasteiger partial charge in [0.25, 0.3) is 0 Å². The SMILES string of the molecule is COc1cc2c(cc1OC)CN(CC(O)CN1CCC(C)CC1)CC2. The molecule has 3 rings (SSSR count). The van der Waals surface area contributed by atoms with Gasteiger partial charge in [0.1, 0.15) is 0 Å². The van der Waals surface area contributed by atoms with E-state index in [1.54, 1.807) is 14.2 Å². The van der Waals surface area contributed by atoms with E-state index in [9.17, 15) is 5.11 Å². The highest BCUT2D eigenvalue weighted by Gasteiger charge is 2.23. The number of likely N-dealkylation sites (tertiary alicyclic amines) is 1. The van der Waals surface area contributed by atoms with E-state index in [0.29, 0.717) is 0 Å². The summed E-state index contributed by atoms with van der Waals surface area (Å²) in [6.07, 6.45) is 3.22. The number of methoxy groups -OCH3 is 2. The fraction of sp³-hybridized carbons (Fsp3) is 0.700. The molecule has 0 bridgehead atoms. The van der Waals surface area contributed by atoms with Gasteiger partial charge in [0, 0.05) is 26.2 Å². The molecular formula is C20H32N2O3. The van der Waals surface area contributed by atoms with E-state index in [1.165, 1.54) is 24.0 Å². The van der Waals surface area contributed by atoms with Crippen molar-refractivity contribution in [2.45, 2.75) is 38.8 Å². The molecule has 1 fully saturated rings. The van der Waals surface area contributed by atoms with Crippen molar-refractivity contribution < 1.29 is 14.6 Å². The molecule has 5 nitrogen and oxygen atoms in total. The summed E-state index contributed by atoms with van der Waals surface area (Å²) < 4.78 is 10.8. The summed E-state index contributed by atoms with van der Waals surface area (Å²) in [7, 11) is 3.35. The molecule has 1 unspecified atom stereocenters. The van der Waals surface area contributed by atoms with Crippen molar-refractivity contribution in [1.82, 2.24) is 9.80 Å². The zero-order valence-corrected chi connectivity index (χ0v) is 15.8. The molecule has 0 aromatic heterocycles. The van der Waals surface area contributed by atoms with E-state index in [-0.39, 0.29) is 6.10 Å². The second-order valence-electron chi connectivity index (χ2n) is 7.60. The van der Waals surface area contributed by atoms with Gasteiger partial charge < -0.3 is 19.5 Å². The van der Waals surface area contributed by atoms with Gasteiger partial charge in [0.05, 0.1) is 20.3 Å². The molecule has 1 saturated heterocycles. The van der Waals surface area contributed by atoms with Gasteiger partial charge in [-0.3, -0.25) is 4.90 Å². The molecule has 140 valence electrons. The zero-order valence-electron chi connectivity index (χ0n) is 15.8. The second kappa shape index (κ2) is 8.39. The summed E-state index contributed by atoms with van der Waals surface area (Å²) in [6.45, 7) is 7.94. The molecule has 1 aromatic rings. The van der Waals surface area contributed by atoms with Crippen LogP contribution in [0.25, 0.3) is 0 Å². The van der Waals surface area contributed by atoms with E-state index >= 15 is 0 Å². The number of benzene rings is 1. The first-order valence-corrected chi connectivity index (χ1v) is 9.45. The molecule has 1 aromatic carbocycles. The maximum Gasteiger partial charge on any atom is 0.161 e. The smallest absolute Gasteiger partial charge is 0.161 e. The Bertz CT molecular complexity index is 570. The highest BCUT2D eigenvalue weighted by atomic mass is 16.5. The van der Waals surface area contributed by atoms with Crippen LogP contribution >= 0.6 is 0 Å². The Morgan fingerprint density at radius 2 is 1.60 bits per heavy atom. The average molecular weight is 348 g/mol. The molecule has 2 aliphatic rings. The van der Waals surface area contributed by atoms with Crippen molar-refractivity contribution in [1.29, 1.82) is 0 Å². The van der Waals surface area contributed by atoms with Gasteiger partial charge in [0.2, 0.25) is 0 Å². The molecule has 0 radical (unpaired) electrons. The molecule has 2 heterocycles. The van der Waals surface area contributed by atoms with Crippen LogP contribution < -0.4 is 9.47 Å². The first-order chi connectivity index (χ1) is 12.1. The van der Waals surface area contributed by atoms with Crippen molar-refractivity contribution in [3.05, 3.63) is 23.3 Å². The van der Waals surface area contributed by atoms with Crippen LogP contribution in [0.3, 0.4) is 0 Å². The van der Waals surface area contributed by atoms with Gasteiger partial charge in [-0.1, -0.05) is 6.92 Å². The minimum atomic E-state index is -0.282. The average Bonchev–Trinajstić information content (AvgIpc) is 2.62. The summed E-state index contributed by atoms with van der Waals surface area (Å²) in [5, 5.41) is 10.5. The molecule has 0 aliphatic carbocycles. The van der Waals surface area contributed by atoms with E-state index in [2.05, 4.69) is 28.9 Å². The Hall–Kier alpha value is -1.30. The normalized spacial score (nSPS) is 21.0. The number of nitrogens with zero attached hydrogens (tertiary/aromatic N) is 2. The summed E-state index contributed by atoms with van der Waals surface area (Å²) in [6, 6.07) is 4.18. The second-order valence-corrected chi connectivity index (χ2v) is 7.60. The third-order valence-electron chi connectivity index (χ3n) is 5.61. The van der Waals surface area contributed by atoms with Crippen LogP contribution in [-0.2, 0) is 13.0 Å². The van der Waals surface area contributed by atoms with Gasteiger partial charge in [-0.2, -0.15) is 0 Å². The van der Waals surface area contributed by atoms with Crippen LogP contribution in [0.5, 0.6) is 11.5 Å². The monoisotopic (exact) mass is 348 g/mol. The maximum absolute atomic E-state index is 10.5. The van der Waals surface area contributed by atoms with Crippen LogP contribution in [0.4, 0.5) is 0 Å². The molecule has 0 saturated carbocycles. The van der Waals surface area contributed by atoms with E-state index in [4.69, 9.17) is 9.47 Å². The number of fused-ring (bicyclic) bond motifs is 1. The van der Waals surface area contributed by atoms with Crippen LogP contribution in [0.15, 0.2) is 12.1 Å². The highest BCUT2D eigenvalue weighted by molar-refractivity contribution is 5.48. The lowest BCUT2D eigenvalue weighted by atomic mass is 9.98. The fourth-order valence-electron chi connectivity index (χ4n) is 4.00. The lowest BCUT2D eigenvalue weighted by Gasteiger charge is -2.34. The highest BCUT2D eigenvalue weighted by Crippen LogP contribution is 2.33. The Balaban J connectivity index is 1.55. The van der Waals surface area contributed by atoms with E-state index in [0.717, 1.165) is 63.1 Å². The number of β-amino-alcohol motifs (C(OH)–C–C–N with tert-alkyl or cyclic N) is 1. The van der Waals surface area contributed by atoms with Gasteiger partial charge in [-0.15, -0.1) is 0 Å². The number of hydrogen-bond donors (Lipinski definition) is 1. The molecule has 0 amide bonds. The Morgan fingerprint density at radius 3 is 2.24 bits per heavy atom. The van der Waals surface area contributed by atoms with Crippen molar-refractivity contribution in [2.75, 3.05) is 46.9 Å². The Kier molecular flexibility index (Phi) is 6.20. The summed E-state index contributed by atoms with van der Waals surface area (Å²) in [5.74, 6) is 2.42. The first-order valence-electron chi connectivity index (χ1n) is 9.45. The number of ether oxygens (including phenoxy) is 2. The molecule has 0 spiro atoms. The van der Waals surface area contributed by atoms with Gasteiger partial charge >= 0.3 is 0 Å². The molecule has 1 N–H and O–H groups in total. The van der Waals surface area contributed by atoms with Crippen LogP contribution in [0.1, 0.15) is 30.9 Å². The van der Waals surface area contributed by atoms with Crippen molar-refractivity contribution >= 4 is 0 Å². The standard InChI is InChI=1S/C20H32N2O3/c1-15-4-7-21(8-5-15)13-18(23)14-22-9-6-16-10-19(24-2)20(25-3)11-17(16)12-22/h10-11,15,18,23H,4-9,12-14H2,1-3H3. The predicted octanol–water partition coefficient (Wildman–Crippen LogP) is 2.15. The van der Waals surface area contributed by atoms with E-state index in [1.807, 2.05) is 0 Å². The molecule has 2 aliphatic heterocycles. The number of aliphatic hydroxyl groups excluding tert-OH is 1. The third kappa shape index (κ3) is 4.66. The summed E-state index contributed by atoms with van der Waals surface area (Å²) in [4.78, 5) is 4.77. The zero-order chi connectivity index (χ0) is 17.8. The summed E-state index contributed by atoms with van der Waals surface area (Å²) in [5.41, 5.74) is 2.61. The van der Waals surface area contributed by atoms with Gasteiger partial charge in [0.15, 0.2) is 11.5 Å². The Morgan fingerprint density at radius 1 is 1.00 bits per heavy atom. The van der Waals surface area contributed by atoms with Crippen LogP contribution in [-0.4, -0.2) is 68.0 Å². The van der Waals surface area contributed by atoms with Crippen molar-refractivity contribution in [2.24, 2.45) is 5.92 Å². The number of hydrogen-bond acceptors (Lipinski definition) is 5. The van der Waals surface area contributed by atoms with Gasteiger partial charge in [-0.05, 0) is 61.5 Å². The number of aliphatic hydroxyl groups is 1. The largest absolute Gasteiger partial charge is 0.493 e. The molecule has 5 heteroatoms. The fourth-order valence-corrected chi connectivity index (χ4v) is 4.00. The number of rotatable bonds is 6. The molecule has 1 atom stereocenters. The van der Waals surface area contributed by atoms with Crippen molar-refractivity contribution in [3.8, 4) is 11.5 Å². The third-order valence-corrected chi connectivity index (χ3v) is 5.61. The minimum absolute atomic E-state index is 0.282. The van der Waals surface area contributed by atoms with Crippen molar-refractivity contribution in [3.63, 3.8) is 0 Å². The molecule has 25 heavy (non-hydrogen) atoms. The minimum Gasteiger partial charge on any atom is -0.493 e. The predicted molar refractivity (Wildman–Crippen MR) is 99.4 cm³/mol. The van der Waals surface area contributed by atoms with Gasteiger partial charge in [-0.25, -0.2) is 0 Å². The Labute approximate surface area is 151 Å². The maximum atomic E-state index is 10.5. The lowest BCUT2D eigenvalue weighted by Crippen LogP contribution is -2.44. The molecular weight excluding hydrogens is 316 g/mol. The quantitative estimate of drug-likeness (QED) is 0.853. The first kappa shape index (κ1) is 18.5. The topological polar surface area (TPSA) is 45.2 Å².